The molecular formula is C17H24N2O2. The van der Waals surface area contributed by atoms with Gasteiger partial charge in [0.2, 0.25) is 11.8 Å². The van der Waals surface area contributed by atoms with Crippen LogP contribution in [0.2, 0.25) is 0 Å². The summed E-state index contributed by atoms with van der Waals surface area (Å²) in [4.78, 5) is 25.3. The fourth-order valence-corrected chi connectivity index (χ4v) is 2.56. The summed E-state index contributed by atoms with van der Waals surface area (Å²) in [5, 5.41) is 3.20. The van der Waals surface area contributed by atoms with Crippen molar-refractivity contribution in [1.29, 1.82) is 0 Å². The van der Waals surface area contributed by atoms with E-state index in [0.717, 1.165) is 12.0 Å². The zero-order valence-corrected chi connectivity index (χ0v) is 13.1. The summed E-state index contributed by atoms with van der Waals surface area (Å²) in [7, 11) is 0. The van der Waals surface area contributed by atoms with Crippen LogP contribution < -0.4 is 5.32 Å². The average molecular weight is 288 g/mol. The highest BCUT2D eigenvalue weighted by molar-refractivity contribution is 6.05. The van der Waals surface area contributed by atoms with Crippen LogP contribution in [0.5, 0.6) is 0 Å². The Balaban J connectivity index is 1.91. The van der Waals surface area contributed by atoms with Crippen LogP contribution >= 0.6 is 0 Å². The first-order chi connectivity index (χ1) is 10.0. The molecule has 114 valence electrons. The van der Waals surface area contributed by atoms with Crippen LogP contribution in [-0.2, 0) is 16.1 Å². The zero-order valence-electron chi connectivity index (χ0n) is 13.1. The van der Waals surface area contributed by atoms with E-state index >= 15 is 0 Å². The molecular weight excluding hydrogens is 264 g/mol. The van der Waals surface area contributed by atoms with Gasteiger partial charge in [-0.05, 0) is 23.5 Å². The highest BCUT2D eigenvalue weighted by Crippen LogP contribution is 2.16. The number of carbonyl (C=O) groups is 2. The van der Waals surface area contributed by atoms with Crippen molar-refractivity contribution in [2.45, 2.75) is 52.1 Å². The van der Waals surface area contributed by atoms with Gasteiger partial charge in [-0.3, -0.25) is 14.5 Å². The number of imide groups is 1. The van der Waals surface area contributed by atoms with Crippen LogP contribution in [-0.4, -0.2) is 29.3 Å². The quantitative estimate of drug-likeness (QED) is 0.818. The molecule has 1 saturated heterocycles. The van der Waals surface area contributed by atoms with Crippen molar-refractivity contribution in [3.63, 3.8) is 0 Å². The number of rotatable bonds is 6. The Morgan fingerprint density at radius 3 is 2.48 bits per heavy atom. The maximum absolute atomic E-state index is 12.1. The maximum atomic E-state index is 12.1. The number of carbonyl (C=O) groups excluding carboxylic acids is 2. The first-order valence-corrected chi connectivity index (χ1v) is 7.69. The molecule has 4 heteroatoms. The third-order valence-electron chi connectivity index (χ3n) is 3.89. The van der Waals surface area contributed by atoms with Crippen LogP contribution in [0.4, 0.5) is 0 Å². The van der Waals surface area contributed by atoms with Crippen LogP contribution in [0.15, 0.2) is 24.3 Å². The second-order valence-electron chi connectivity index (χ2n) is 5.92. The van der Waals surface area contributed by atoms with Gasteiger partial charge in [-0.1, -0.05) is 45.0 Å². The monoisotopic (exact) mass is 288 g/mol. The molecule has 0 aromatic heterocycles. The number of nitrogens with one attached hydrogen (secondary N) is 1. The Morgan fingerprint density at radius 2 is 1.90 bits per heavy atom. The van der Waals surface area contributed by atoms with E-state index in [1.54, 1.807) is 0 Å². The standard InChI is InChI=1S/C17H24N2O2/c1-4-9-19-16(20)10-15(17(19)21)18-11-13-5-7-14(8-6-13)12(2)3/h5-8,12,15,18H,4,9-11H2,1-3H3. The van der Waals surface area contributed by atoms with Gasteiger partial charge in [0.05, 0.1) is 12.5 Å². The van der Waals surface area contributed by atoms with E-state index in [0.29, 0.717) is 19.0 Å². The van der Waals surface area contributed by atoms with Crippen LogP contribution in [0.3, 0.4) is 0 Å². The second kappa shape index (κ2) is 6.85. The van der Waals surface area contributed by atoms with Gasteiger partial charge in [0.25, 0.3) is 0 Å². The van der Waals surface area contributed by atoms with Gasteiger partial charge in [-0.15, -0.1) is 0 Å². The Morgan fingerprint density at radius 1 is 1.24 bits per heavy atom. The summed E-state index contributed by atoms with van der Waals surface area (Å²) in [5.74, 6) is 0.374. The molecule has 0 saturated carbocycles. The SMILES string of the molecule is CCCN1C(=O)CC(NCc2ccc(C(C)C)cc2)C1=O. The summed E-state index contributed by atoms with van der Waals surface area (Å²) >= 11 is 0. The molecule has 1 N–H and O–H groups in total. The molecule has 0 spiro atoms. The molecule has 1 heterocycles. The van der Waals surface area contributed by atoms with E-state index in [9.17, 15) is 9.59 Å². The van der Waals surface area contributed by atoms with Gasteiger partial charge in [0.15, 0.2) is 0 Å². The molecule has 1 unspecified atom stereocenters. The van der Waals surface area contributed by atoms with Gasteiger partial charge < -0.3 is 5.32 Å². The molecule has 4 nitrogen and oxygen atoms in total. The maximum Gasteiger partial charge on any atom is 0.246 e. The Labute approximate surface area is 126 Å². The molecule has 0 radical (unpaired) electrons. The van der Waals surface area contributed by atoms with Gasteiger partial charge in [-0.2, -0.15) is 0 Å². The number of hydrogen-bond donors (Lipinski definition) is 1. The minimum absolute atomic E-state index is 0.0606. The summed E-state index contributed by atoms with van der Waals surface area (Å²) in [6.07, 6.45) is 1.09. The lowest BCUT2D eigenvalue weighted by atomic mass is 10.0. The Hall–Kier alpha value is -1.68. The number of benzene rings is 1. The number of amides is 2. The second-order valence-corrected chi connectivity index (χ2v) is 5.92. The van der Waals surface area contributed by atoms with E-state index in [4.69, 9.17) is 0 Å². The predicted octanol–water partition coefficient (Wildman–Crippen LogP) is 2.44. The Bertz CT molecular complexity index is 508. The predicted molar refractivity (Wildman–Crippen MR) is 82.8 cm³/mol. The highest BCUT2D eigenvalue weighted by atomic mass is 16.2. The van der Waals surface area contributed by atoms with Crippen molar-refractivity contribution in [2.75, 3.05) is 6.54 Å². The number of hydrogen-bond acceptors (Lipinski definition) is 3. The van der Waals surface area contributed by atoms with Crippen molar-refractivity contribution in [1.82, 2.24) is 10.2 Å². The molecule has 1 aliphatic heterocycles. The van der Waals surface area contributed by atoms with Gasteiger partial charge >= 0.3 is 0 Å². The minimum atomic E-state index is -0.367. The Kier molecular flexibility index (Phi) is 5.12. The average Bonchev–Trinajstić information content (AvgIpc) is 2.73. The fourth-order valence-electron chi connectivity index (χ4n) is 2.56. The third-order valence-corrected chi connectivity index (χ3v) is 3.89. The van der Waals surface area contributed by atoms with Crippen molar-refractivity contribution >= 4 is 11.8 Å². The summed E-state index contributed by atoms with van der Waals surface area (Å²) in [6, 6.07) is 8.02. The molecule has 1 atom stereocenters. The summed E-state index contributed by atoms with van der Waals surface area (Å²) in [6.45, 7) is 7.44. The molecule has 1 aliphatic rings. The van der Waals surface area contributed by atoms with Crippen LogP contribution in [0, 0.1) is 0 Å². The summed E-state index contributed by atoms with van der Waals surface area (Å²) in [5.41, 5.74) is 2.44. The van der Waals surface area contributed by atoms with Crippen LogP contribution in [0.1, 0.15) is 50.7 Å². The van der Waals surface area contributed by atoms with E-state index in [1.807, 2.05) is 6.92 Å². The normalized spacial score (nSPS) is 18.9. The minimum Gasteiger partial charge on any atom is -0.301 e. The molecule has 0 aliphatic carbocycles. The molecule has 1 fully saturated rings. The molecule has 1 aromatic carbocycles. The van der Waals surface area contributed by atoms with E-state index in [1.165, 1.54) is 10.5 Å². The number of likely N-dealkylation sites (tertiary alicyclic amines) is 1. The molecule has 2 rings (SSSR count). The van der Waals surface area contributed by atoms with E-state index in [-0.39, 0.29) is 24.3 Å². The van der Waals surface area contributed by atoms with E-state index < -0.39 is 0 Å². The first kappa shape index (κ1) is 15.7. The van der Waals surface area contributed by atoms with Gasteiger partial charge in [-0.25, -0.2) is 0 Å². The lowest BCUT2D eigenvalue weighted by Crippen LogP contribution is -2.38. The lowest BCUT2D eigenvalue weighted by molar-refractivity contribution is -0.138. The number of nitrogens with zero attached hydrogens (tertiary/aromatic N) is 1. The molecule has 21 heavy (non-hydrogen) atoms. The molecule has 1 aromatic rings. The summed E-state index contributed by atoms with van der Waals surface area (Å²) < 4.78 is 0. The van der Waals surface area contributed by atoms with Crippen LogP contribution in [0.25, 0.3) is 0 Å². The largest absolute Gasteiger partial charge is 0.301 e. The van der Waals surface area contributed by atoms with E-state index in [2.05, 4.69) is 43.4 Å². The van der Waals surface area contributed by atoms with Crippen molar-refractivity contribution in [3.8, 4) is 0 Å². The van der Waals surface area contributed by atoms with Crippen molar-refractivity contribution in [2.24, 2.45) is 0 Å². The third kappa shape index (κ3) is 3.70. The smallest absolute Gasteiger partial charge is 0.246 e. The molecule has 2 amide bonds. The first-order valence-electron chi connectivity index (χ1n) is 7.69. The fraction of sp³-hybridized carbons (Fsp3) is 0.529. The van der Waals surface area contributed by atoms with Gasteiger partial charge in [0, 0.05) is 13.1 Å². The molecule has 0 bridgehead atoms. The van der Waals surface area contributed by atoms with Crippen molar-refractivity contribution < 1.29 is 9.59 Å². The topological polar surface area (TPSA) is 49.4 Å². The van der Waals surface area contributed by atoms with Gasteiger partial charge in [0.1, 0.15) is 0 Å². The van der Waals surface area contributed by atoms with Crippen molar-refractivity contribution in [3.05, 3.63) is 35.4 Å². The lowest BCUT2D eigenvalue weighted by Gasteiger charge is -2.14. The zero-order chi connectivity index (χ0) is 15.4. The highest BCUT2D eigenvalue weighted by Gasteiger charge is 2.37.